The summed E-state index contributed by atoms with van der Waals surface area (Å²) in [6.45, 7) is -0.181. The molecule has 8 heteroatoms. The molecule has 28 heavy (non-hydrogen) atoms. The van der Waals surface area contributed by atoms with Gasteiger partial charge in [0.25, 0.3) is 5.91 Å². The number of hydrogen-bond donors (Lipinski definition) is 2. The first kappa shape index (κ1) is 19.0. The Balaban J connectivity index is 1.51. The first-order valence-corrected chi connectivity index (χ1v) is 8.54. The largest absolute Gasteiger partial charge is 0.479 e. The van der Waals surface area contributed by atoms with Gasteiger partial charge in [-0.1, -0.05) is 18.2 Å². The summed E-state index contributed by atoms with van der Waals surface area (Å²) in [7, 11) is 3.11. The van der Waals surface area contributed by atoms with E-state index in [1.807, 2.05) is 30.3 Å². The maximum atomic E-state index is 12.2. The topological polar surface area (TPSA) is 94.5 Å². The zero-order valence-electron chi connectivity index (χ0n) is 15.5. The molecule has 0 aliphatic rings. The third-order valence-corrected chi connectivity index (χ3v) is 3.76. The lowest BCUT2D eigenvalue weighted by molar-refractivity contribution is -0.115. The molecule has 8 nitrogen and oxygen atoms in total. The number of anilines is 1. The minimum Gasteiger partial charge on any atom is -0.479 e. The van der Waals surface area contributed by atoms with Crippen LogP contribution in [0.1, 0.15) is 10.4 Å². The smallest absolute Gasteiger partial charge is 0.258 e. The normalized spacial score (nSPS) is 10.2. The summed E-state index contributed by atoms with van der Waals surface area (Å²) in [6, 6.07) is 16.4. The van der Waals surface area contributed by atoms with Crippen LogP contribution in [-0.4, -0.2) is 35.2 Å². The number of nitrogens with zero attached hydrogens (tertiary/aromatic N) is 2. The molecular formula is C20H20N4O4. The monoisotopic (exact) mass is 380 g/mol. The van der Waals surface area contributed by atoms with Crippen LogP contribution >= 0.6 is 0 Å². The van der Waals surface area contributed by atoms with Gasteiger partial charge in [-0.2, -0.15) is 0 Å². The minimum atomic E-state index is -0.438. The number of aromatic nitrogens is 2. The SMILES string of the molecule is COc1nn(C)cc1C(=O)NCC(=O)Nc1ccc(Oc2ccccc2)cc1. The van der Waals surface area contributed by atoms with Crippen LogP contribution in [0, 0.1) is 0 Å². The number of rotatable bonds is 7. The van der Waals surface area contributed by atoms with Crippen molar-refractivity contribution in [3.05, 3.63) is 66.4 Å². The van der Waals surface area contributed by atoms with Gasteiger partial charge in [0.15, 0.2) is 0 Å². The number of aryl methyl sites for hydroxylation is 1. The van der Waals surface area contributed by atoms with Gasteiger partial charge in [-0.15, -0.1) is 5.10 Å². The Bertz CT molecular complexity index is 952. The molecule has 0 saturated carbocycles. The zero-order chi connectivity index (χ0) is 19.9. The van der Waals surface area contributed by atoms with Crippen molar-refractivity contribution in [1.29, 1.82) is 0 Å². The second kappa shape index (κ2) is 8.72. The van der Waals surface area contributed by atoms with Gasteiger partial charge in [0.05, 0.1) is 13.7 Å². The molecule has 3 aromatic rings. The van der Waals surface area contributed by atoms with Crippen LogP contribution < -0.4 is 20.1 Å². The van der Waals surface area contributed by atoms with Crippen LogP contribution in [0.2, 0.25) is 0 Å². The van der Waals surface area contributed by atoms with Crippen LogP contribution in [0.15, 0.2) is 60.8 Å². The van der Waals surface area contributed by atoms with E-state index < -0.39 is 5.91 Å². The number of hydrogen-bond acceptors (Lipinski definition) is 5. The van der Waals surface area contributed by atoms with Crippen LogP contribution in [-0.2, 0) is 11.8 Å². The lowest BCUT2D eigenvalue weighted by atomic mass is 10.3. The molecule has 0 aliphatic carbocycles. The first-order valence-electron chi connectivity index (χ1n) is 8.54. The van der Waals surface area contributed by atoms with Crippen LogP contribution in [0.4, 0.5) is 5.69 Å². The van der Waals surface area contributed by atoms with E-state index in [2.05, 4.69) is 15.7 Å². The molecule has 0 aliphatic heterocycles. The summed E-state index contributed by atoms with van der Waals surface area (Å²) < 4.78 is 12.2. The maximum absolute atomic E-state index is 12.2. The highest BCUT2D eigenvalue weighted by Gasteiger charge is 2.17. The van der Waals surface area contributed by atoms with Gasteiger partial charge in [0, 0.05) is 18.9 Å². The summed E-state index contributed by atoms with van der Waals surface area (Å²) in [4.78, 5) is 24.2. The molecule has 1 heterocycles. The van der Waals surface area contributed by atoms with Gasteiger partial charge in [-0.3, -0.25) is 14.3 Å². The van der Waals surface area contributed by atoms with E-state index in [1.54, 1.807) is 31.3 Å². The summed E-state index contributed by atoms with van der Waals surface area (Å²) in [5, 5.41) is 9.26. The lowest BCUT2D eigenvalue weighted by Crippen LogP contribution is -2.32. The first-order chi connectivity index (χ1) is 13.5. The number of carbonyl (C=O) groups is 2. The Morgan fingerprint density at radius 1 is 1.04 bits per heavy atom. The second-order valence-electron chi connectivity index (χ2n) is 5.90. The Kier molecular flexibility index (Phi) is 5.91. The summed E-state index contributed by atoms with van der Waals surface area (Å²) in [5.74, 6) is 0.794. The van der Waals surface area contributed by atoms with E-state index >= 15 is 0 Å². The molecule has 0 unspecified atom stereocenters. The highest BCUT2D eigenvalue weighted by Crippen LogP contribution is 2.22. The van der Waals surface area contributed by atoms with E-state index in [0.29, 0.717) is 11.4 Å². The summed E-state index contributed by atoms with van der Waals surface area (Å²) in [5.41, 5.74) is 0.860. The van der Waals surface area contributed by atoms with E-state index in [0.717, 1.165) is 5.75 Å². The van der Waals surface area contributed by atoms with Gasteiger partial charge in [-0.25, -0.2) is 0 Å². The quantitative estimate of drug-likeness (QED) is 0.657. The van der Waals surface area contributed by atoms with Gasteiger partial charge in [-0.05, 0) is 36.4 Å². The third kappa shape index (κ3) is 4.88. The van der Waals surface area contributed by atoms with E-state index in [-0.39, 0.29) is 23.9 Å². The Morgan fingerprint density at radius 2 is 1.71 bits per heavy atom. The third-order valence-electron chi connectivity index (χ3n) is 3.76. The number of amides is 2. The number of nitrogens with one attached hydrogen (secondary N) is 2. The summed E-state index contributed by atoms with van der Waals surface area (Å²) >= 11 is 0. The highest BCUT2D eigenvalue weighted by molar-refractivity contribution is 6.00. The van der Waals surface area contributed by atoms with Gasteiger partial charge >= 0.3 is 0 Å². The molecule has 2 N–H and O–H groups in total. The van der Waals surface area contributed by atoms with Gasteiger partial charge in [0.1, 0.15) is 17.1 Å². The molecule has 0 fully saturated rings. The van der Waals surface area contributed by atoms with E-state index in [9.17, 15) is 9.59 Å². The van der Waals surface area contributed by atoms with Crippen LogP contribution in [0.5, 0.6) is 17.4 Å². The molecule has 0 radical (unpaired) electrons. The molecule has 1 aromatic heterocycles. The van der Waals surface area contributed by atoms with Crippen LogP contribution in [0.3, 0.4) is 0 Å². The molecule has 144 valence electrons. The zero-order valence-corrected chi connectivity index (χ0v) is 15.5. The van der Waals surface area contributed by atoms with Crippen molar-refractivity contribution in [1.82, 2.24) is 15.1 Å². The number of benzene rings is 2. The predicted molar refractivity (Wildman–Crippen MR) is 104 cm³/mol. The standard InChI is InChI=1S/C20H20N4O4/c1-24-13-17(20(23-24)27-2)19(26)21-12-18(25)22-14-8-10-16(11-9-14)28-15-6-4-3-5-7-15/h3-11,13H,12H2,1-2H3,(H,21,26)(H,22,25). The molecule has 0 bridgehead atoms. The molecule has 2 amide bonds. The van der Waals surface area contributed by atoms with Crippen molar-refractivity contribution in [3.63, 3.8) is 0 Å². The minimum absolute atomic E-state index is 0.181. The maximum Gasteiger partial charge on any atom is 0.258 e. The van der Waals surface area contributed by atoms with Crippen molar-refractivity contribution in [2.45, 2.75) is 0 Å². The number of ether oxygens (including phenoxy) is 2. The average molecular weight is 380 g/mol. The van der Waals surface area contributed by atoms with Crippen molar-refractivity contribution < 1.29 is 19.1 Å². The summed E-state index contributed by atoms with van der Waals surface area (Å²) in [6.07, 6.45) is 1.53. The number of methoxy groups -OCH3 is 1. The van der Waals surface area contributed by atoms with Crippen molar-refractivity contribution in [2.75, 3.05) is 19.0 Å². The van der Waals surface area contributed by atoms with Crippen molar-refractivity contribution in [2.24, 2.45) is 7.05 Å². The molecule has 0 spiro atoms. The number of carbonyl (C=O) groups excluding carboxylic acids is 2. The van der Waals surface area contributed by atoms with Crippen LogP contribution in [0.25, 0.3) is 0 Å². The fourth-order valence-electron chi connectivity index (χ4n) is 2.47. The van der Waals surface area contributed by atoms with Crippen molar-refractivity contribution in [3.8, 4) is 17.4 Å². The van der Waals surface area contributed by atoms with Gasteiger partial charge < -0.3 is 20.1 Å². The predicted octanol–water partition coefficient (Wildman–Crippen LogP) is 2.59. The Labute approximate surface area is 162 Å². The molecule has 3 rings (SSSR count). The van der Waals surface area contributed by atoms with E-state index in [1.165, 1.54) is 18.0 Å². The molecule has 0 saturated heterocycles. The second-order valence-corrected chi connectivity index (χ2v) is 5.90. The molecule has 2 aromatic carbocycles. The van der Waals surface area contributed by atoms with E-state index in [4.69, 9.17) is 9.47 Å². The Hall–Kier alpha value is -3.81. The van der Waals surface area contributed by atoms with Gasteiger partial charge in [0.2, 0.25) is 11.8 Å². The van der Waals surface area contributed by atoms with Crippen molar-refractivity contribution >= 4 is 17.5 Å². The average Bonchev–Trinajstić information content (AvgIpc) is 3.09. The fourth-order valence-corrected chi connectivity index (χ4v) is 2.47. The fraction of sp³-hybridized carbons (Fsp3) is 0.150. The lowest BCUT2D eigenvalue weighted by Gasteiger charge is -2.09. The molecule has 0 atom stereocenters. The molecular weight excluding hydrogens is 360 g/mol. The number of para-hydroxylation sites is 1. The highest BCUT2D eigenvalue weighted by atomic mass is 16.5. The Morgan fingerprint density at radius 3 is 2.39 bits per heavy atom.